The number of benzene rings is 1. The van der Waals surface area contributed by atoms with E-state index in [9.17, 15) is 4.79 Å². The molecule has 0 saturated carbocycles. The van der Waals surface area contributed by atoms with E-state index >= 15 is 0 Å². The fourth-order valence-corrected chi connectivity index (χ4v) is 3.07. The molecule has 2 rings (SSSR count). The highest BCUT2D eigenvalue weighted by Gasteiger charge is 2.25. The highest BCUT2D eigenvalue weighted by atomic mass is 35.5. The average molecular weight is 424 g/mol. The molecule has 1 heterocycles. The Morgan fingerprint density at radius 2 is 1.63 bits per heavy atom. The molecular weight excluding hydrogens is 393 g/mol. The maximum Gasteiger partial charge on any atom is 0.226 e. The average Bonchev–Trinajstić information content (AvgIpc) is 2.66. The molecule has 27 heavy (non-hydrogen) atoms. The molecule has 1 saturated heterocycles. The van der Waals surface area contributed by atoms with Gasteiger partial charge in [0.15, 0.2) is 11.5 Å². The van der Waals surface area contributed by atoms with Crippen molar-refractivity contribution in [2.45, 2.75) is 13.5 Å². The minimum Gasteiger partial charge on any atom is -0.493 e. The van der Waals surface area contributed by atoms with Gasteiger partial charge in [-0.1, -0.05) is 13.0 Å². The number of amides is 1. The minimum atomic E-state index is -0.113. The van der Waals surface area contributed by atoms with Gasteiger partial charge in [0.2, 0.25) is 11.7 Å². The first-order valence-electron chi connectivity index (χ1n) is 8.54. The predicted octanol–water partition coefficient (Wildman–Crippen LogP) is 1.79. The van der Waals surface area contributed by atoms with Crippen molar-refractivity contribution in [3.8, 4) is 17.2 Å². The van der Waals surface area contributed by atoms with Gasteiger partial charge >= 0.3 is 0 Å². The van der Waals surface area contributed by atoms with Gasteiger partial charge in [-0.3, -0.25) is 9.69 Å². The number of nitrogens with zero attached hydrogens (tertiary/aromatic N) is 2. The lowest BCUT2D eigenvalue weighted by molar-refractivity contribution is -0.136. The number of hydrogen-bond donors (Lipinski definition) is 1. The Morgan fingerprint density at radius 3 is 2.11 bits per heavy atom. The smallest absolute Gasteiger partial charge is 0.226 e. The summed E-state index contributed by atoms with van der Waals surface area (Å²) in [6, 6.07) is 3.88. The third-order valence-corrected chi connectivity index (χ3v) is 4.64. The van der Waals surface area contributed by atoms with Crippen LogP contribution >= 0.6 is 24.8 Å². The molecule has 0 spiro atoms. The summed E-state index contributed by atoms with van der Waals surface area (Å²) < 4.78 is 16.3. The van der Waals surface area contributed by atoms with Crippen LogP contribution in [0, 0.1) is 5.92 Å². The van der Waals surface area contributed by atoms with Crippen LogP contribution in [-0.2, 0) is 11.3 Å². The number of methoxy groups -OCH3 is 3. The maximum absolute atomic E-state index is 12.2. The Morgan fingerprint density at radius 1 is 1.04 bits per heavy atom. The summed E-state index contributed by atoms with van der Waals surface area (Å²) in [5.74, 6) is 1.97. The number of rotatable bonds is 7. The van der Waals surface area contributed by atoms with Gasteiger partial charge < -0.3 is 24.8 Å². The number of carbonyl (C=O) groups excluding carboxylic acids is 1. The van der Waals surface area contributed by atoms with Gasteiger partial charge in [-0.25, -0.2) is 0 Å². The summed E-state index contributed by atoms with van der Waals surface area (Å²) >= 11 is 0. The van der Waals surface area contributed by atoms with Crippen LogP contribution in [0.3, 0.4) is 0 Å². The van der Waals surface area contributed by atoms with Gasteiger partial charge in [-0.15, -0.1) is 24.8 Å². The van der Waals surface area contributed by atoms with E-state index in [2.05, 4.69) is 4.90 Å². The molecule has 1 aromatic carbocycles. The highest BCUT2D eigenvalue weighted by Crippen LogP contribution is 2.40. The molecule has 1 unspecified atom stereocenters. The van der Waals surface area contributed by atoms with Crippen molar-refractivity contribution in [2.75, 3.05) is 54.1 Å². The van der Waals surface area contributed by atoms with E-state index in [1.165, 1.54) is 0 Å². The van der Waals surface area contributed by atoms with E-state index in [1.807, 2.05) is 24.0 Å². The minimum absolute atomic E-state index is 0. The Kier molecular flexibility index (Phi) is 11.5. The zero-order valence-electron chi connectivity index (χ0n) is 16.4. The number of halogens is 2. The molecule has 2 N–H and O–H groups in total. The SMILES string of the molecule is COc1ccc(CN2CCN(C(=O)C(C)CN)CC2)c(OC)c1OC.Cl.Cl. The fourth-order valence-electron chi connectivity index (χ4n) is 3.07. The predicted molar refractivity (Wildman–Crippen MR) is 111 cm³/mol. The molecule has 1 amide bonds. The third-order valence-electron chi connectivity index (χ3n) is 4.64. The van der Waals surface area contributed by atoms with E-state index in [-0.39, 0.29) is 36.6 Å². The van der Waals surface area contributed by atoms with E-state index in [4.69, 9.17) is 19.9 Å². The van der Waals surface area contributed by atoms with E-state index in [0.717, 1.165) is 38.3 Å². The van der Waals surface area contributed by atoms with E-state index < -0.39 is 0 Å². The Labute approximate surface area is 173 Å². The lowest BCUT2D eigenvalue weighted by Crippen LogP contribution is -2.50. The van der Waals surface area contributed by atoms with Gasteiger partial charge in [0.25, 0.3) is 0 Å². The summed E-state index contributed by atoms with van der Waals surface area (Å²) in [5.41, 5.74) is 6.64. The largest absolute Gasteiger partial charge is 0.493 e. The Bertz CT molecular complexity index is 596. The van der Waals surface area contributed by atoms with Crippen molar-refractivity contribution < 1.29 is 19.0 Å². The molecule has 1 aliphatic heterocycles. The van der Waals surface area contributed by atoms with Crippen LogP contribution in [0.25, 0.3) is 0 Å². The Hall–Kier alpha value is -1.41. The summed E-state index contributed by atoms with van der Waals surface area (Å²) in [6.07, 6.45) is 0. The second-order valence-corrected chi connectivity index (χ2v) is 6.23. The number of hydrogen-bond acceptors (Lipinski definition) is 6. The van der Waals surface area contributed by atoms with Gasteiger partial charge in [0, 0.05) is 50.7 Å². The van der Waals surface area contributed by atoms with Crippen LogP contribution in [0.1, 0.15) is 12.5 Å². The lowest BCUT2D eigenvalue weighted by Gasteiger charge is -2.36. The first-order chi connectivity index (χ1) is 12.0. The summed E-state index contributed by atoms with van der Waals surface area (Å²) in [6.45, 7) is 6.09. The van der Waals surface area contributed by atoms with Crippen molar-refractivity contribution in [1.82, 2.24) is 9.80 Å². The van der Waals surface area contributed by atoms with Crippen LogP contribution in [0.2, 0.25) is 0 Å². The number of nitrogens with two attached hydrogens (primary N) is 1. The number of carbonyl (C=O) groups is 1. The molecule has 1 aromatic rings. The summed E-state index contributed by atoms with van der Waals surface area (Å²) in [5, 5.41) is 0. The molecule has 1 fully saturated rings. The zero-order chi connectivity index (χ0) is 18.4. The van der Waals surface area contributed by atoms with Crippen LogP contribution in [0.15, 0.2) is 12.1 Å². The van der Waals surface area contributed by atoms with Crippen LogP contribution in [0.5, 0.6) is 17.2 Å². The van der Waals surface area contributed by atoms with Crippen LogP contribution < -0.4 is 19.9 Å². The summed E-state index contributed by atoms with van der Waals surface area (Å²) in [4.78, 5) is 16.4. The molecule has 1 aliphatic rings. The Balaban J connectivity index is 0.00000338. The molecular formula is C18H31Cl2N3O4. The van der Waals surface area contributed by atoms with Crippen molar-refractivity contribution in [1.29, 1.82) is 0 Å². The standard InChI is InChI=1S/C18H29N3O4.2ClH/c1-13(11-19)18(22)21-9-7-20(8-10-21)12-14-5-6-15(23-2)17(25-4)16(14)24-3;;/h5-6,13H,7-12,19H2,1-4H3;2*1H. The number of piperazine rings is 1. The van der Waals surface area contributed by atoms with Crippen molar-refractivity contribution in [2.24, 2.45) is 11.7 Å². The highest BCUT2D eigenvalue weighted by molar-refractivity contribution is 5.85. The van der Waals surface area contributed by atoms with Gasteiger partial charge in [0.1, 0.15) is 0 Å². The molecule has 0 bridgehead atoms. The zero-order valence-corrected chi connectivity index (χ0v) is 18.0. The second kappa shape index (κ2) is 12.1. The second-order valence-electron chi connectivity index (χ2n) is 6.23. The maximum atomic E-state index is 12.2. The lowest BCUT2D eigenvalue weighted by atomic mass is 10.1. The van der Waals surface area contributed by atoms with Gasteiger partial charge in [0.05, 0.1) is 21.3 Å². The van der Waals surface area contributed by atoms with Gasteiger partial charge in [-0.05, 0) is 6.07 Å². The first-order valence-corrected chi connectivity index (χ1v) is 8.54. The van der Waals surface area contributed by atoms with E-state index in [0.29, 0.717) is 23.8 Å². The molecule has 9 heteroatoms. The monoisotopic (exact) mass is 423 g/mol. The fraction of sp³-hybridized carbons (Fsp3) is 0.611. The van der Waals surface area contributed by atoms with Gasteiger partial charge in [-0.2, -0.15) is 0 Å². The van der Waals surface area contributed by atoms with Crippen LogP contribution in [0.4, 0.5) is 0 Å². The van der Waals surface area contributed by atoms with Crippen LogP contribution in [-0.4, -0.2) is 69.8 Å². The van der Waals surface area contributed by atoms with Crippen molar-refractivity contribution >= 4 is 30.7 Å². The first kappa shape index (κ1) is 25.6. The molecule has 0 aromatic heterocycles. The molecule has 7 nitrogen and oxygen atoms in total. The molecule has 0 aliphatic carbocycles. The summed E-state index contributed by atoms with van der Waals surface area (Å²) in [7, 11) is 4.84. The molecule has 0 radical (unpaired) electrons. The third kappa shape index (κ3) is 6.04. The van der Waals surface area contributed by atoms with E-state index in [1.54, 1.807) is 21.3 Å². The molecule has 156 valence electrons. The van der Waals surface area contributed by atoms with Crippen molar-refractivity contribution in [3.63, 3.8) is 0 Å². The normalized spacial score (nSPS) is 15.2. The topological polar surface area (TPSA) is 77.3 Å². The number of ether oxygens (including phenoxy) is 3. The quantitative estimate of drug-likeness (QED) is 0.720. The van der Waals surface area contributed by atoms with Crippen molar-refractivity contribution in [3.05, 3.63) is 17.7 Å². The molecule has 1 atom stereocenters.